The van der Waals surface area contributed by atoms with Crippen LogP contribution in [-0.2, 0) is 12.6 Å². The lowest BCUT2D eigenvalue weighted by atomic mass is 9.92. The second-order valence-electron chi connectivity index (χ2n) is 4.14. The fraction of sp³-hybridized carbons (Fsp3) is 0.308. The van der Waals surface area contributed by atoms with Gasteiger partial charge in [-0.3, -0.25) is 4.68 Å². The van der Waals surface area contributed by atoms with Crippen LogP contribution in [-0.4, -0.2) is 22.0 Å². The van der Waals surface area contributed by atoms with Crippen LogP contribution in [0.25, 0.3) is 0 Å². The van der Waals surface area contributed by atoms with E-state index in [-0.39, 0.29) is 0 Å². The number of aromatic nitrogens is 2. The van der Waals surface area contributed by atoms with Gasteiger partial charge in [0.05, 0.1) is 12.8 Å². The minimum atomic E-state index is -1.06. The van der Waals surface area contributed by atoms with Crippen LogP contribution in [0.4, 0.5) is 0 Å². The smallest absolute Gasteiger partial charge is 0.128 e. The van der Waals surface area contributed by atoms with Crippen molar-refractivity contribution in [3.05, 3.63) is 47.8 Å². The summed E-state index contributed by atoms with van der Waals surface area (Å²) in [5.41, 5.74) is 0.502. The molecule has 90 valence electrons. The fourth-order valence-electron chi connectivity index (χ4n) is 1.91. The van der Waals surface area contributed by atoms with Gasteiger partial charge in [0.2, 0.25) is 0 Å². The van der Waals surface area contributed by atoms with E-state index in [9.17, 15) is 5.11 Å². The normalized spacial score (nSPS) is 14.4. The SMILES string of the molecule is COc1ccc(C(C)(O)c2ccnn2C)cc1. The number of methoxy groups -OCH3 is 1. The summed E-state index contributed by atoms with van der Waals surface area (Å²) >= 11 is 0. The Morgan fingerprint density at radius 2 is 1.88 bits per heavy atom. The summed E-state index contributed by atoms with van der Waals surface area (Å²) < 4.78 is 6.77. The van der Waals surface area contributed by atoms with Crippen LogP contribution in [0, 0.1) is 0 Å². The maximum Gasteiger partial charge on any atom is 0.128 e. The van der Waals surface area contributed by atoms with Crippen molar-refractivity contribution in [1.29, 1.82) is 0 Å². The predicted molar refractivity (Wildman–Crippen MR) is 64.9 cm³/mol. The van der Waals surface area contributed by atoms with E-state index in [0.717, 1.165) is 17.0 Å². The van der Waals surface area contributed by atoms with Crippen molar-refractivity contribution in [2.75, 3.05) is 7.11 Å². The molecule has 0 aliphatic rings. The van der Waals surface area contributed by atoms with E-state index < -0.39 is 5.60 Å². The molecule has 1 unspecified atom stereocenters. The van der Waals surface area contributed by atoms with E-state index in [4.69, 9.17) is 4.74 Å². The van der Waals surface area contributed by atoms with Crippen molar-refractivity contribution >= 4 is 0 Å². The van der Waals surface area contributed by atoms with Gasteiger partial charge in [-0.05, 0) is 30.7 Å². The standard InChI is InChI=1S/C13H16N2O2/c1-13(16,12-8-9-14-15(12)2)10-4-6-11(17-3)7-5-10/h4-9,16H,1-3H3. The fourth-order valence-corrected chi connectivity index (χ4v) is 1.91. The van der Waals surface area contributed by atoms with Crippen LogP contribution in [0.3, 0.4) is 0 Å². The van der Waals surface area contributed by atoms with Crippen LogP contribution in [0.5, 0.6) is 5.75 Å². The molecule has 0 fully saturated rings. The van der Waals surface area contributed by atoms with Gasteiger partial charge in [-0.25, -0.2) is 0 Å². The molecule has 1 aromatic heterocycles. The van der Waals surface area contributed by atoms with E-state index in [0.29, 0.717) is 0 Å². The highest BCUT2D eigenvalue weighted by molar-refractivity contribution is 5.35. The molecule has 2 rings (SSSR count). The largest absolute Gasteiger partial charge is 0.497 e. The van der Waals surface area contributed by atoms with Crippen LogP contribution < -0.4 is 4.74 Å². The van der Waals surface area contributed by atoms with Crippen molar-refractivity contribution in [3.63, 3.8) is 0 Å². The van der Waals surface area contributed by atoms with Gasteiger partial charge in [0.1, 0.15) is 11.4 Å². The Hall–Kier alpha value is -1.81. The van der Waals surface area contributed by atoms with Gasteiger partial charge in [-0.1, -0.05) is 12.1 Å². The van der Waals surface area contributed by atoms with Crippen LogP contribution in [0.15, 0.2) is 36.5 Å². The van der Waals surface area contributed by atoms with Gasteiger partial charge in [-0.2, -0.15) is 5.10 Å². The van der Waals surface area contributed by atoms with Crippen molar-refractivity contribution in [2.24, 2.45) is 7.05 Å². The van der Waals surface area contributed by atoms with Gasteiger partial charge >= 0.3 is 0 Å². The second kappa shape index (κ2) is 4.22. The monoisotopic (exact) mass is 232 g/mol. The minimum absolute atomic E-state index is 0.752. The lowest BCUT2D eigenvalue weighted by Crippen LogP contribution is -2.25. The van der Waals surface area contributed by atoms with Crippen molar-refractivity contribution in [3.8, 4) is 5.75 Å². The van der Waals surface area contributed by atoms with Crippen molar-refractivity contribution < 1.29 is 9.84 Å². The lowest BCUT2D eigenvalue weighted by Gasteiger charge is -2.24. The number of aliphatic hydroxyl groups is 1. The molecule has 17 heavy (non-hydrogen) atoms. The quantitative estimate of drug-likeness (QED) is 0.876. The highest BCUT2D eigenvalue weighted by Crippen LogP contribution is 2.29. The van der Waals surface area contributed by atoms with Crippen LogP contribution >= 0.6 is 0 Å². The number of aryl methyl sites for hydroxylation is 1. The maximum atomic E-state index is 10.6. The molecule has 1 heterocycles. The zero-order valence-corrected chi connectivity index (χ0v) is 10.2. The highest BCUT2D eigenvalue weighted by Gasteiger charge is 2.28. The average molecular weight is 232 g/mol. The maximum absolute atomic E-state index is 10.6. The summed E-state index contributed by atoms with van der Waals surface area (Å²) in [5.74, 6) is 0.773. The number of hydrogen-bond donors (Lipinski definition) is 1. The number of hydrogen-bond acceptors (Lipinski definition) is 3. The van der Waals surface area contributed by atoms with Gasteiger partial charge in [0, 0.05) is 13.2 Å². The summed E-state index contributed by atoms with van der Waals surface area (Å²) in [5, 5.41) is 14.7. The molecule has 1 N–H and O–H groups in total. The van der Waals surface area contributed by atoms with Gasteiger partial charge in [0.25, 0.3) is 0 Å². The molecule has 0 spiro atoms. The van der Waals surface area contributed by atoms with Gasteiger partial charge in [-0.15, -0.1) is 0 Å². The Labute approximate surface area is 100 Å². The summed E-state index contributed by atoms with van der Waals surface area (Å²) in [6.07, 6.45) is 1.67. The molecule has 0 aliphatic carbocycles. The molecular weight excluding hydrogens is 216 g/mol. The van der Waals surface area contributed by atoms with Crippen molar-refractivity contribution in [2.45, 2.75) is 12.5 Å². The number of nitrogens with zero attached hydrogens (tertiary/aromatic N) is 2. The Morgan fingerprint density at radius 1 is 1.24 bits per heavy atom. The van der Waals surface area contributed by atoms with Crippen LogP contribution in [0.2, 0.25) is 0 Å². The summed E-state index contributed by atoms with van der Waals surface area (Å²) in [6.45, 7) is 1.76. The zero-order chi connectivity index (χ0) is 12.5. The van der Waals surface area contributed by atoms with E-state index >= 15 is 0 Å². The average Bonchev–Trinajstić information content (AvgIpc) is 2.76. The topological polar surface area (TPSA) is 47.3 Å². The number of rotatable bonds is 3. The Balaban J connectivity index is 2.40. The summed E-state index contributed by atoms with van der Waals surface area (Å²) in [6, 6.07) is 9.18. The Kier molecular flexibility index (Phi) is 2.90. The minimum Gasteiger partial charge on any atom is -0.497 e. The Bertz CT molecular complexity index is 500. The highest BCUT2D eigenvalue weighted by atomic mass is 16.5. The van der Waals surface area contributed by atoms with Gasteiger partial charge in [0.15, 0.2) is 0 Å². The zero-order valence-electron chi connectivity index (χ0n) is 10.2. The Morgan fingerprint density at radius 3 is 2.35 bits per heavy atom. The third-order valence-corrected chi connectivity index (χ3v) is 2.97. The second-order valence-corrected chi connectivity index (χ2v) is 4.14. The van der Waals surface area contributed by atoms with Crippen LogP contribution in [0.1, 0.15) is 18.2 Å². The predicted octanol–water partition coefficient (Wildman–Crippen LogP) is 1.68. The van der Waals surface area contributed by atoms with E-state index in [1.54, 1.807) is 24.9 Å². The molecule has 0 radical (unpaired) electrons. The first kappa shape index (κ1) is 11.7. The molecule has 1 aromatic carbocycles. The van der Waals surface area contributed by atoms with E-state index in [1.807, 2.05) is 37.4 Å². The molecule has 4 heteroatoms. The first-order valence-electron chi connectivity index (χ1n) is 5.41. The molecule has 0 aliphatic heterocycles. The molecule has 0 amide bonds. The number of benzene rings is 1. The molecule has 0 saturated carbocycles. The first-order chi connectivity index (χ1) is 8.05. The first-order valence-corrected chi connectivity index (χ1v) is 5.41. The molecular formula is C13H16N2O2. The molecule has 0 bridgehead atoms. The third-order valence-electron chi connectivity index (χ3n) is 2.97. The van der Waals surface area contributed by atoms with E-state index in [2.05, 4.69) is 5.10 Å². The molecule has 1 atom stereocenters. The molecule has 4 nitrogen and oxygen atoms in total. The van der Waals surface area contributed by atoms with E-state index in [1.165, 1.54) is 0 Å². The van der Waals surface area contributed by atoms with Crippen molar-refractivity contribution in [1.82, 2.24) is 9.78 Å². The lowest BCUT2D eigenvalue weighted by molar-refractivity contribution is 0.0928. The van der Waals surface area contributed by atoms with Gasteiger partial charge < -0.3 is 9.84 Å². The summed E-state index contributed by atoms with van der Waals surface area (Å²) in [7, 11) is 3.43. The molecule has 0 saturated heterocycles. The molecule has 2 aromatic rings. The third kappa shape index (κ3) is 2.03. The summed E-state index contributed by atoms with van der Waals surface area (Å²) in [4.78, 5) is 0. The number of ether oxygens (including phenoxy) is 1.